The number of nitrogens with one attached hydrogen (secondary N) is 2. The van der Waals surface area contributed by atoms with Gasteiger partial charge in [-0.1, -0.05) is 12.8 Å². The Balaban J connectivity index is 0.00000245. The van der Waals surface area contributed by atoms with Gasteiger partial charge >= 0.3 is 0 Å². The summed E-state index contributed by atoms with van der Waals surface area (Å²) in [5.74, 6) is -0.194. The van der Waals surface area contributed by atoms with Crippen molar-refractivity contribution < 1.29 is 8.78 Å². The molecule has 0 spiro atoms. The molecular formula is C22H28ClF2N7. The molecule has 2 aromatic heterocycles. The van der Waals surface area contributed by atoms with E-state index in [-0.39, 0.29) is 30.2 Å². The van der Waals surface area contributed by atoms with Crippen molar-refractivity contribution in [2.75, 3.05) is 10.6 Å². The highest BCUT2D eigenvalue weighted by Gasteiger charge is 2.25. The molecule has 0 amide bonds. The Morgan fingerprint density at radius 1 is 1.00 bits per heavy atom. The number of halogens is 3. The number of rotatable bonds is 5. The molecule has 5 rings (SSSR count). The fourth-order valence-electron chi connectivity index (χ4n) is 4.71. The SMILES string of the molecule is Cl.NC1CCC(Nc2ncc3nc(Nc4ccc(F)cc4F)n(C4CCCC4)c3n2)CC1. The third-order valence-electron chi connectivity index (χ3n) is 6.41. The van der Waals surface area contributed by atoms with Crippen LogP contribution in [-0.2, 0) is 0 Å². The van der Waals surface area contributed by atoms with E-state index in [0.717, 1.165) is 63.1 Å². The molecule has 0 unspecified atom stereocenters. The van der Waals surface area contributed by atoms with Gasteiger partial charge in [0.25, 0.3) is 0 Å². The molecule has 32 heavy (non-hydrogen) atoms. The largest absolute Gasteiger partial charge is 0.351 e. The Morgan fingerprint density at radius 2 is 1.75 bits per heavy atom. The lowest BCUT2D eigenvalue weighted by Gasteiger charge is -2.26. The monoisotopic (exact) mass is 463 g/mol. The molecule has 10 heteroatoms. The molecule has 2 saturated carbocycles. The minimum absolute atomic E-state index is 0. The molecule has 4 N–H and O–H groups in total. The first-order valence-corrected chi connectivity index (χ1v) is 11.1. The summed E-state index contributed by atoms with van der Waals surface area (Å²) in [6.07, 6.45) is 9.99. The Kier molecular flexibility index (Phi) is 6.76. The first-order valence-electron chi connectivity index (χ1n) is 11.1. The number of nitrogens with two attached hydrogens (primary N) is 1. The van der Waals surface area contributed by atoms with Gasteiger partial charge in [-0.2, -0.15) is 4.98 Å². The number of fused-ring (bicyclic) bond motifs is 1. The van der Waals surface area contributed by atoms with E-state index in [2.05, 4.69) is 25.2 Å². The van der Waals surface area contributed by atoms with E-state index in [1.807, 2.05) is 0 Å². The van der Waals surface area contributed by atoms with Crippen molar-refractivity contribution >= 4 is 41.2 Å². The number of nitrogens with zero attached hydrogens (tertiary/aromatic N) is 4. The second kappa shape index (κ2) is 9.54. The molecular weight excluding hydrogens is 436 g/mol. The number of benzene rings is 1. The predicted octanol–water partition coefficient (Wildman–Crippen LogP) is 5.07. The van der Waals surface area contributed by atoms with Crippen LogP contribution in [-0.4, -0.2) is 31.6 Å². The lowest BCUT2D eigenvalue weighted by molar-refractivity contribution is 0.410. The molecule has 0 saturated heterocycles. The molecule has 0 radical (unpaired) electrons. The predicted molar refractivity (Wildman–Crippen MR) is 124 cm³/mol. The average molecular weight is 464 g/mol. The molecule has 172 valence electrons. The van der Waals surface area contributed by atoms with Crippen LogP contribution in [0.25, 0.3) is 11.2 Å². The smallest absolute Gasteiger partial charge is 0.224 e. The fourth-order valence-corrected chi connectivity index (χ4v) is 4.71. The van der Waals surface area contributed by atoms with Crippen LogP contribution in [0, 0.1) is 11.6 Å². The van der Waals surface area contributed by atoms with E-state index >= 15 is 0 Å². The van der Waals surface area contributed by atoms with E-state index < -0.39 is 11.6 Å². The van der Waals surface area contributed by atoms with Crippen molar-refractivity contribution in [2.45, 2.75) is 69.5 Å². The van der Waals surface area contributed by atoms with Crippen LogP contribution in [0.4, 0.5) is 26.4 Å². The van der Waals surface area contributed by atoms with Gasteiger partial charge in [-0.3, -0.25) is 4.57 Å². The summed E-state index contributed by atoms with van der Waals surface area (Å²) in [7, 11) is 0. The van der Waals surface area contributed by atoms with Gasteiger partial charge < -0.3 is 16.4 Å². The van der Waals surface area contributed by atoms with Gasteiger partial charge in [0.05, 0.1) is 11.9 Å². The van der Waals surface area contributed by atoms with Crippen molar-refractivity contribution in [1.29, 1.82) is 0 Å². The van der Waals surface area contributed by atoms with E-state index in [1.165, 1.54) is 12.1 Å². The molecule has 7 nitrogen and oxygen atoms in total. The molecule has 2 aliphatic rings. The lowest BCUT2D eigenvalue weighted by Crippen LogP contribution is -2.33. The van der Waals surface area contributed by atoms with Gasteiger partial charge in [0, 0.05) is 24.2 Å². The summed E-state index contributed by atoms with van der Waals surface area (Å²) in [4.78, 5) is 13.9. The van der Waals surface area contributed by atoms with Crippen molar-refractivity contribution in [3.63, 3.8) is 0 Å². The van der Waals surface area contributed by atoms with E-state index in [9.17, 15) is 8.78 Å². The molecule has 3 aromatic rings. The number of aromatic nitrogens is 4. The Bertz CT molecular complexity index is 1080. The first-order chi connectivity index (χ1) is 15.1. The quantitative estimate of drug-likeness (QED) is 0.489. The van der Waals surface area contributed by atoms with Crippen LogP contribution in [0.2, 0.25) is 0 Å². The summed E-state index contributed by atoms with van der Waals surface area (Å²) in [5.41, 5.74) is 7.57. The Hall–Kier alpha value is -2.52. The van der Waals surface area contributed by atoms with E-state index in [1.54, 1.807) is 6.20 Å². The zero-order valence-electron chi connectivity index (χ0n) is 17.7. The topological polar surface area (TPSA) is 93.7 Å². The third kappa shape index (κ3) is 4.63. The van der Waals surface area contributed by atoms with Crippen molar-refractivity contribution in [2.24, 2.45) is 5.73 Å². The van der Waals surface area contributed by atoms with Crippen LogP contribution in [0.3, 0.4) is 0 Å². The highest BCUT2D eigenvalue weighted by atomic mass is 35.5. The van der Waals surface area contributed by atoms with Gasteiger partial charge in [-0.15, -0.1) is 12.4 Å². The zero-order valence-corrected chi connectivity index (χ0v) is 18.5. The normalized spacial score (nSPS) is 21.5. The van der Waals surface area contributed by atoms with E-state index in [0.29, 0.717) is 23.5 Å². The number of anilines is 3. The van der Waals surface area contributed by atoms with Gasteiger partial charge in [0.2, 0.25) is 11.9 Å². The first kappa shape index (κ1) is 22.7. The molecule has 0 bridgehead atoms. The average Bonchev–Trinajstić information content (AvgIpc) is 3.39. The lowest BCUT2D eigenvalue weighted by atomic mass is 9.92. The molecule has 2 aliphatic carbocycles. The van der Waals surface area contributed by atoms with Crippen LogP contribution in [0.1, 0.15) is 57.4 Å². The molecule has 0 aliphatic heterocycles. The number of hydrogen-bond donors (Lipinski definition) is 3. The van der Waals surface area contributed by atoms with Crippen LogP contribution >= 0.6 is 12.4 Å². The Labute approximate surface area is 191 Å². The maximum atomic E-state index is 14.3. The van der Waals surface area contributed by atoms with Gasteiger partial charge in [-0.25, -0.2) is 18.7 Å². The minimum atomic E-state index is -0.658. The van der Waals surface area contributed by atoms with Crippen LogP contribution in [0.5, 0.6) is 0 Å². The number of imidazole rings is 1. The van der Waals surface area contributed by atoms with Crippen molar-refractivity contribution in [1.82, 2.24) is 19.5 Å². The maximum Gasteiger partial charge on any atom is 0.224 e. The minimum Gasteiger partial charge on any atom is -0.351 e. The molecule has 2 heterocycles. The van der Waals surface area contributed by atoms with Gasteiger partial charge in [0.1, 0.15) is 17.2 Å². The molecule has 0 atom stereocenters. The summed E-state index contributed by atoms with van der Waals surface area (Å²) in [5, 5.41) is 6.49. The second-order valence-electron chi connectivity index (χ2n) is 8.65. The van der Waals surface area contributed by atoms with Crippen LogP contribution < -0.4 is 16.4 Å². The summed E-state index contributed by atoms with van der Waals surface area (Å²) >= 11 is 0. The van der Waals surface area contributed by atoms with E-state index in [4.69, 9.17) is 10.7 Å². The third-order valence-corrected chi connectivity index (χ3v) is 6.41. The fraction of sp³-hybridized carbons (Fsp3) is 0.500. The summed E-state index contributed by atoms with van der Waals surface area (Å²) in [6.45, 7) is 0. The standard InChI is InChI=1S/C22H27F2N7.ClH/c23-13-5-10-18(17(24)11-13)28-22-29-19-12-26-21(27-15-8-6-14(25)7-9-15)30-20(19)31(22)16-3-1-2-4-16;/h5,10-12,14-16H,1-4,6-9,25H2,(H,28,29)(H,26,27,30);1H. The highest BCUT2D eigenvalue weighted by molar-refractivity contribution is 5.85. The summed E-state index contributed by atoms with van der Waals surface area (Å²) < 4.78 is 29.6. The van der Waals surface area contributed by atoms with Crippen molar-refractivity contribution in [3.05, 3.63) is 36.0 Å². The van der Waals surface area contributed by atoms with Gasteiger partial charge in [-0.05, 0) is 50.7 Å². The second-order valence-corrected chi connectivity index (χ2v) is 8.65. The maximum absolute atomic E-state index is 14.3. The van der Waals surface area contributed by atoms with Crippen LogP contribution in [0.15, 0.2) is 24.4 Å². The highest BCUT2D eigenvalue weighted by Crippen LogP contribution is 2.36. The van der Waals surface area contributed by atoms with Gasteiger partial charge in [0.15, 0.2) is 5.65 Å². The Morgan fingerprint density at radius 3 is 2.47 bits per heavy atom. The molecule has 1 aromatic carbocycles. The number of hydrogen-bond acceptors (Lipinski definition) is 6. The summed E-state index contributed by atoms with van der Waals surface area (Å²) in [6, 6.07) is 4.30. The zero-order chi connectivity index (χ0) is 21.4. The molecule has 2 fully saturated rings. The van der Waals surface area contributed by atoms with Crippen molar-refractivity contribution in [3.8, 4) is 0 Å².